The maximum atomic E-state index is 6.14. The molecule has 2 N–H and O–H groups in total. The number of nitrogen functional groups attached to an aromatic ring is 1. The highest BCUT2D eigenvalue weighted by molar-refractivity contribution is 6.30. The lowest BCUT2D eigenvalue weighted by Gasteiger charge is -2.23. The molecule has 0 atom stereocenters. The molecule has 1 aromatic heterocycles. The van der Waals surface area contributed by atoms with Crippen molar-refractivity contribution in [1.82, 2.24) is 4.98 Å². The number of aromatic nitrogens is 1. The standard InChI is InChI=1S/C17H16ClN3/c1-21(11-12-5-4-6-13(18)9-12)17-14-7-2-3-8-16(14)20-10-15(17)19/h2-10H,11,19H2,1H3. The highest BCUT2D eigenvalue weighted by Gasteiger charge is 2.11. The van der Waals surface area contributed by atoms with Gasteiger partial charge in [-0.15, -0.1) is 0 Å². The Morgan fingerprint density at radius 2 is 1.95 bits per heavy atom. The van der Waals surface area contributed by atoms with Crippen LogP contribution < -0.4 is 10.6 Å². The Kier molecular flexibility index (Phi) is 3.67. The van der Waals surface area contributed by atoms with Crippen LogP contribution in [0.25, 0.3) is 10.9 Å². The van der Waals surface area contributed by atoms with Gasteiger partial charge < -0.3 is 10.6 Å². The number of benzene rings is 2. The van der Waals surface area contributed by atoms with Crippen molar-refractivity contribution in [2.24, 2.45) is 0 Å². The van der Waals surface area contributed by atoms with Crippen LogP contribution >= 0.6 is 11.6 Å². The quantitative estimate of drug-likeness (QED) is 0.791. The number of rotatable bonds is 3. The maximum Gasteiger partial charge on any atom is 0.0745 e. The number of nitrogens with zero attached hydrogens (tertiary/aromatic N) is 2. The molecule has 3 nitrogen and oxygen atoms in total. The van der Waals surface area contributed by atoms with Gasteiger partial charge in [0.25, 0.3) is 0 Å². The number of nitrogens with two attached hydrogens (primary N) is 1. The van der Waals surface area contributed by atoms with Crippen LogP contribution in [-0.2, 0) is 6.54 Å². The van der Waals surface area contributed by atoms with Gasteiger partial charge >= 0.3 is 0 Å². The monoisotopic (exact) mass is 297 g/mol. The first-order valence-electron chi connectivity index (χ1n) is 6.74. The summed E-state index contributed by atoms with van der Waals surface area (Å²) >= 11 is 6.05. The molecule has 0 aliphatic rings. The van der Waals surface area contributed by atoms with Crippen molar-refractivity contribution in [2.75, 3.05) is 17.7 Å². The van der Waals surface area contributed by atoms with Crippen molar-refractivity contribution in [3.8, 4) is 0 Å². The summed E-state index contributed by atoms with van der Waals surface area (Å²) in [6.45, 7) is 0.735. The SMILES string of the molecule is CN(Cc1cccc(Cl)c1)c1c(N)cnc2ccccc12. The maximum absolute atomic E-state index is 6.14. The number of anilines is 2. The normalized spacial score (nSPS) is 10.8. The zero-order valence-electron chi connectivity index (χ0n) is 11.8. The van der Waals surface area contributed by atoms with Gasteiger partial charge in [0.15, 0.2) is 0 Å². The first kappa shape index (κ1) is 13.7. The van der Waals surface area contributed by atoms with Crippen LogP contribution in [0.3, 0.4) is 0 Å². The summed E-state index contributed by atoms with van der Waals surface area (Å²) in [5, 5.41) is 1.80. The van der Waals surface area contributed by atoms with Gasteiger partial charge in [0, 0.05) is 24.0 Å². The summed E-state index contributed by atoms with van der Waals surface area (Å²) in [5.74, 6) is 0. The summed E-state index contributed by atoms with van der Waals surface area (Å²) < 4.78 is 0. The first-order chi connectivity index (χ1) is 10.1. The van der Waals surface area contributed by atoms with Crippen LogP contribution in [0.1, 0.15) is 5.56 Å². The van der Waals surface area contributed by atoms with Crippen molar-refractivity contribution in [1.29, 1.82) is 0 Å². The fraction of sp³-hybridized carbons (Fsp3) is 0.118. The zero-order chi connectivity index (χ0) is 14.8. The van der Waals surface area contributed by atoms with Gasteiger partial charge in [0.1, 0.15) is 0 Å². The Labute approximate surface area is 129 Å². The predicted octanol–water partition coefficient (Wildman–Crippen LogP) is 4.11. The minimum absolute atomic E-state index is 0.679. The molecule has 2 aromatic carbocycles. The second kappa shape index (κ2) is 5.62. The fourth-order valence-corrected chi connectivity index (χ4v) is 2.77. The Hall–Kier alpha value is -2.26. The first-order valence-corrected chi connectivity index (χ1v) is 7.12. The molecular weight excluding hydrogens is 282 g/mol. The largest absolute Gasteiger partial charge is 0.396 e. The molecule has 106 valence electrons. The average molecular weight is 298 g/mol. The van der Waals surface area contributed by atoms with Crippen molar-refractivity contribution in [2.45, 2.75) is 6.54 Å². The molecule has 0 aliphatic heterocycles. The molecule has 0 bridgehead atoms. The smallest absolute Gasteiger partial charge is 0.0745 e. The Bertz CT molecular complexity index is 786. The third-order valence-corrected chi connectivity index (χ3v) is 3.70. The van der Waals surface area contributed by atoms with Gasteiger partial charge in [-0.05, 0) is 23.8 Å². The van der Waals surface area contributed by atoms with E-state index in [2.05, 4.69) is 16.0 Å². The van der Waals surface area contributed by atoms with Gasteiger partial charge in [0.05, 0.1) is 23.1 Å². The van der Waals surface area contributed by atoms with Gasteiger partial charge in [-0.2, -0.15) is 0 Å². The molecule has 0 saturated heterocycles. The Morgan fingerprint density at radius 3 is 2.76 bits per heavy atom. The summed E-state index contributed by atoms with van der Waals surface area (Å²) in [6.07, 6.45) is 1.71. The van der Waals surface area contributed by atoms with E-state index in [4.69, 9.17) is 17.3 Å². The van der Waals surface area contributed by atoms with Gasteiger partial charge in [-0.25, -0.2) is 0 Å². The van der Waals surface area contributed by atoms with E-state index in [1.165, 1.54) is 0 Å². The topological polar surface area (TPSA) is 42.1 Å². The lowest BCUT2D eigenvalue weighted by molar-refractivity contribution is 0.928. The van der Waals surface area contributed by atoms with Crippen LogP contribution in [0.2, 0.25) is 5.02 Å². The van der Waals surface area contributed by atoms with Crippen molar-refractivity contribution in [3.63, 3.8) is 0 Å². The van der Waals surface area contributed by atoms with E-state index in [0.717, 1.165) is 33.7 Å². The van der Waals surface area contributed by atoms with Crippen LogP contribution in [-0.4, -0.2) is 12.0 Å². The number of halogens is 1. The number of fused-ring (bicyclic) bond motifs is 1. The summed E-state index contributed by atoms with van der Waals surface area (Å²) in [5.41, 5.74) is 9.91. The van der Waals surface area contributed by atoms with Crippen LogP contribution in [0.5, 0.6) is 0 Å². The Morgan fingerprint density at radius 1 is 1.14 bits per heavy atom. The summed E-state index contributed by atoms with van der Waals surface area (Å²) in [6, 6.07) is 15.9. The molecule has 0 fully saturated rings. The van der Waals surface area contributed by atoms with E-state index in [9.17, 15) is 0 Å². The predicted molar refractivity (Wildman–Crippen MR) is 89.7 cm³/mol. The minimum atomic E-state index is 0.679. The van der Waals surface area contributed by atoms with Gasteiger partial charge in [0.2, 0.25) is 0 Å². The molecule has 3 rings (SSSR count). The summed E-state index contributed by atoms with van der Waals surface area (Å²) in [4.78, 5) is 6.50. The molecular formula is C17H16ClN3. The molecule has 0 unspecified atom stereocenters. The summed E-state index contributed by atoms with van der Waals surface area (Å²) in [7, 11) is 2.03. The number of pyridine rings is 1. The van der Waals surface area contributed by atoms with Crippen molar-refractivity contribution in [3.05, 3.63) is 65.3 Å². The molecule has 3 aromatic rings. The molecule has 0 spiro atoms. The van der Waals surface area contributed by atoms with Crippen molar-refractivity contribution >= 4 is 33.9 Å². The zero-order valence-corrected chi connectivity index (χ0v) is 12.5. The fourth-order valence-electron chi connectivity index (χ4n) is 2.56. The number of hydrogen-bond donors (Lipinski definition) is 1. The average Bonchev–Trinajstić information content (AvgIpc) is 2.47. The highest BCUT2D eigenvalue weighted by Crippen LogP contribution is 2.31. The molecule has 21 heavy (non-hydrogen) atoms. The molecule has 4 heteroatoms. The van der Waals surface area contributed by atoms with Crippen LogP contribution in [0.15, 0.2) is 54.7 Å². The van der Waals surface area contributed by atoms with E-state index in [-0.39, 0.29) is 0 Å². The van der Waals surface area contributed by atoms with Gasteiger partial charge in [-0.1, -0.05) is 41.9 Å². The third kappa shape index (κ3) is 2.78. The van der Waals surface area contributed by atoms with Crippen molar-refractivity contribution < 1.29 is 0 Å². The second-order valence-corrected chi connectivity index (χ2v) is 5.50. The lowest BCUT2D eigenvalue weighted by atomic mass is 10.1. The van der Waals surface area contributed by atoms with E-state index < -0.39 is 0 Å². The minimum Gasteiger partial charge on any atom is -0.396 e. The Balaban J connectivity index is 2.01. The highest BCUT2D eigenvalue weighted by atomic mass is 35.5. The second-order valence-electron chi connectivity index (χ2n) is 5.07. The lowest BCUT2D eigenvalue weighted by Crippen LogP contribution is -2.18. The van der Waals surface area contributed by atoms with Crippen LogP contribution in [0.4, 0.5) is 11.4 Å². The number of para-hydroxylation sites is 1. The molecule has 1 heterocycles. The van der Waals surface area contributed by atoms with E-state index in [1.807, 2.05) is 49.5 Å². The molecule has 0 aliphatic carbocycles. The van der Waals surface area contributed by atoms with E-state index in [1.54, 1.807) is 6.20 Å². The van der Waals surface area contributed by atoms with E-state index in [0.29, 0.717) is 5.69 Å². The molecule has 0 amide bonds. The van der Waals surface area contributed by atoms with Crippen LogP contribution in [0, 0.1) is 0 Å². The molecule has 0 saturated carbocycles. The van der Waals surface area contributed by atoms with E-state index >= 15 is 0 Å². The molecule has 0 radical (unpaired) electrons. The van der Waals surface area contributed by atoms with Gasteiger partial charge in [-0.3, -0.25) is 4.98 Å². The number of hydrogen-bond acceptors (Lipinski definition) is 3. The third-order valence-electron chi connectivity index (χ3n) is 3.47.